The van der Waals surface area contributed by atoms with Crippen molar-refractivity contribution in [1.82, 2.24) is 4.90 Å². The number of amides is 1. The van der Waals surface area contributed by atoms with Crippen LogP contribution in [0.3, 0.4) is 0 Å². The zero-order valence-corrected chi connectivity index (χ0v) is 15.0. The average molecular weight is 369 g/mol. The summed E-state index contributed by atoms with van der Waals surface area (Å²) in [5.41, 5.74) is 1.46. The Morgan fingerprint density at radius 3 is 2.70 bits per heavy atom. The Kier molecular flexibility index (Phi) is 4.10. The number of nitro groups is 1. The summed E-state index contributed by atoms with van der Waals surface area (Å²) in [6, 6.07) is 10.0. The summed E-state index contributed by atoms with van der Waals surface area (Å²) in [5, 5.41) is 15.0. The minimum atomic E-state index is -0.683. The Labute approximate surface area is 155 Å². The molecule has 1 amide bonds. The second-order valence-corrected chi connectivity index (χ2v) is 6.58. The first-order valence-electron chi connectivity index (χ1n) is 8.77. The molecule has 0 unspecified atom stereocenters. The molecule has 8 nitrogen and oxygen atoms in total. The fourth-order valence-electron chi connectivity index (χ4n) is 3.47. The lowest BCUT2D eigenvalue weighted by molar-refractivity contribution is -0.385. The number of ether oxygens (including phenoxy) is 2. The molecule has 4 rings (SSSR count). The van der Waals surface area contributed by atoms with Crippen LogP contribution in [0.2, 0.25) is 0 Å². The molecule has 0 radical (unpaired) electrons. The molecule has 0 saturated heterocycles. The quantitative estimate of drug-likeness (QED) is 0.652. The number of carbonyl (C=O) groups is 1. The second-order valence-electron chi connectivity index (χ2n) is 6.58. The van der Waals surface area contributed by atoms with Gasteiger partial charge in [-0.2, -0.15) is 0 Å². The summed E-state index contributed by atoms with van der Waals surface area (Å²) in [7, 11) is 0. The van der Waals surface area contributed by atoms with Crippen LogP contribution in [0.4, 0.5) is 11.4 Å². The van der Waals surface area contributed by atoms with E-state index in [0.29, 0.717) is 34.7 Å². The van der Waals surface area contributed by atoms with Gasteiger partial charge in [0.1, 0.15) is 6.17 Å². The van der Waals surface area contributed by atoms with E-state index in [9.17, 15) is 14.9 Å². The molecule has 0 fully saturated rings. The summed E-state index contributed by atoms with van der Waals surface area (Å²) < 4.78 is 10.7. The van der Waals surface area contributed by atoms with Gasteiger partial charge < -0.3 is 19.7 Å². The van der Waals surface area contributed by atoms with Gasteiger partial charge in [-0.25, -0.2) is 0 Å². The Bertz CT molecular complexity index is 930. The predicted molar refractivity (Wildman–Crippen MR) is 97.9 cm³/mol. The van der Waals surface area contributed by atoms with Gasteiger partial charge in [0.25, 0.3) is 11.6 Å². The van der Waals surface area contributed by atoms with Crippen molar-refractivity contribution in [2.75, 3.05) is 12.1 Å². The summed E-state index contributed by atoms with van der Waals surface area (Å²) in [6.45, 7) is 3.92. The van der Waals surface area contributed by atoms with Crippen molar-refractivity contribution in [3.05, 3.63) is 57.6 Å². The average Bonchev–Trinajstić information content (AvgIpc) is 3.14. The first-order chi connectivity index (χ1) is 13.0. The van der Waals surface area contributed by atoms with Crippen LogP contribution in [0.5, 0.6) is 11.5 Å². The first kappa shape index (κ1) is 17.1. The van der Waals surface area contributed by atoms with Gasteiger partial charge in [-0.1, -0.05) is 19.1 Å². The van der Waals surface area contributed by atoms with Crippen molar-refractivity contribution >= 4 is 17.3 Å². The lowest BCUT2D eigenvalue weighted by atomic mass is 9.99. The Morgan fingerprint density at radius 1 is 1.30 bits per heavy atom. The Hall–Kier alpha value is -3.29. The van der Waals surface area contributed by atoms with Gasteiger partial charge in [0.2, 0.25) is 6.79 Å². The zero-order chi connectivity index (χ0) is 19.1. The first-order valence-corrected chi connectivity index (χ1v) is 8.77. The van der Waals surface area contributed by atoms with Crippen LogP contribution >= 0.6 is 0 Å². The standard InChI is InChI=1S/C19H19N3O5/c1-3-11(2)21-18(20-14-7-5-4-6-12(14)19(21)23)13-8-16-17(27-10-26-16)9-15(13)22(24)25/h4-9,11,18,20H,3,10H2,1-2H3/t11-,18-/m1/s1. The van der Waals surface area contributed by atoms with Crippen LogP contribution in [0.15, 0.2) is 36.4 Å². The molecule has 8 heteroatoms. The summed E-state index contributed by atoms with van der Waals surface area (Å²) in [5.74, 6) is 0.617. The third kappa shape index (κ3) is 2.73. The van der Waals surface area contributed by atoms with Gasteiger partial charge >= 0.3 is 0 Å². The molecule has 2 aliphatic rings. The number of para-hydroxylation sites is 1. The van der Waals surface area contributed by atoms with Crippen LogP contribution in [-0.2, 0) is 0 Å². The number of hydrogen-bond acceptors (Lipinski definition) is 6. The number of nitro benzene ring substituents is 1. The van der Waals surface area contributed by atoms with E-state index < -0.39 is 11.1 Å². The highest BCUT2D eigenvalue weighted by Gasteiger charge is 2.39. The molecule has 2 aromatic carbocycles. The van der Waals surface area contributed by atoms with E-state index in [0.717, 1.165) is 0 Å². The maximum atomic E-state index is 13.2. The highest BCUT2D eigenvalue weighted by molar-refractivity contribution is 6.02. The molecule has 2 atom stereocenters. The molecule has 1 N–H and O–H groups in total. The molecule has 2 aromatic rings. The minimum absolute atomic E-state index is 0.0187. The molecule has 27 heavy (non-hydrogen) atoms. The Balaban J connectivity index is 1.89. The third-order valence-corrected chi connectivity index (χ3v) is 5.04. The van der Waals surface area contributed by atoms with Crippen molar-refractivity contribution in [2.45, 2.75) is 32.5 Å². The van der Waals surface area contributed by atoms with E-state index in [4.69, 9.17) is 9.47 Å². The van der Waals surface area contributed by atoms with E-state index in [-0.39, 0.29) is 24.4 Å². The van der Waals surface area contributed by atoms with E-state index in [2.05, 4.69) is 5.32 Å². The van der Waals surface area contributed by atoms with Crippen LogP contribution in [-0.4, -0.2) is 28.6 Å². The summed E-state index contributed by atoms with van der Waals surface area (Å²) in [6.07, 6.45) is 0.0296. The highest BCUT2D eigenvalue weighted by atomic mass is 16.7. The number of hydrogen-bond donors (Lipinski definition) is 1. The maximum absolute atomic E-state index is 13.2. The molecule has 140 valence electrons. The van der Waals surface area contributed by atoms with E-state index in [1.807, 2.05) is 19.9 Å². The van der Waals surface area contributed by atoms with Gasteiger partial charge in [0.15, 0.2) is 11.5 Å². The number of nitrogens with zero attached hydrogens (tertiary/aromatic N) is 2. The smallest absolute Gasteiger partial charge is 0.280 e. The monoisotopic (exact) mass is 369 g/mol. The fourth-order valence-corrected chi connectivity index (χ4v) is 3.47. The van der Waals surface area contributed by atoms with Gasteiger partial charge in [-0.05, 0) is 31.5 Å². The molecule has 0 saturated carbocycles. The zero-order valence-electron chi connectivity index (χ0n) is 15.0. The van der Waals surface area contributed by atoms with Crippen LogP contribution < -0.4 is 14.8 Å². The molecule has 2 aliphatic heterocycles. The van der Waals surface area contributed by atoms with Crippen molar-refractivity contribution in [3.8, 4) is 11.5 Å². The molecular formula is C19H19N3O5. The van der Waals surface area contributed by atoms with Gasteiger partial charge in [0.05, 0.1) is 22.1 Å². The lowest BCUT2D eigenvalue weighted by Gasteiger charge is -2.41. The summed E-state index contributed by atoms with van der Waals surface area (Å²) >= 11 is 0. The van der Waals surface area contributed by atoms with Crippen molar-refractivity contribution in [3.63, 3.8) is 0 Å². The van der Waals surface area contributed by atoms with E-state index in [1.165, 1.54) is 6.07 Å². The number of nitrogens with one attached hydrogen (secondary N) is 1. The third-order valence-electron chi connectivity index (χ3n) is 5.04. The minimum Gasteiger partial charge on any atom is -0.454 e. The van der Waals surface area contributed by atoms with Crippen LogP contribution in [0.1, 0.15) is 42.4 Å². The number of anilines is 1. The fraction of sp³-hybridized carbons (Fsp3) is 0.316. The lowest BCUT2D eigenvalue weighted by Crippen LogP contribution is -2.47. The molecule has 0 spiro atoms. The number of benzene rings is 2. The summed E-state index contributed by atoms with van der Waals surface area (Å²) in [4.78, 5) is 26.1. The molecule has 0 aromatic heterocycles. The molecule has 2 heterocycles. The van der Waals surface area contributed by atoms with Gasteiger partial charge in [-0.3, -0.25) is 14.9 Å². The predicted octanol–water partition coefficient (Wildman–Crippen LogP) is 3.69. The van der Waals surface area contributed by atoms with Gasteiger partial charge in [-0.15, -0.1) is 0 Å². The maximum Gasteiger partial charge on any atom is 0.280 e. The largest absolute Gasteiger partial charge is 0.454 e. The van der Waals surface area contributed by atoms with Crippen LogP contribution in [0, 0.1) is 10.1 Å². The van der Waals surface area contributed by atoms with E-state index >= 15 is 0 Å². The second kappa shape index (κ2) is 6.46. The topological polar surface area (TPSA) is 93.9 Å². The molecular weight excluding hydrogens is 350 g/mol. The normalized spacial score (nSPS) is 18.7. The van der Waals surface area contributed by atoms with Crippen molar-refractivity contribution in [2.24, 2.45) is 0 Å². The molecule has 0 aliphatic carbocycles. The van der Waals surface area contributed by atoms with Gasteiger partial charge in [0, 0.05) is 11.7 Å². The van der Waals surface area contributed by atoms with Crippen molar-refractivity contribution in [1.29, 1.82) is 0 Å². The van der Waals surface area contributed by atoms with Crippen LogP contribution in [0.25, 0.3) is 0 Å². The highest BCUT2D eigenvalue weighted by Crippen LogP contribution is 2.44. The number of fused-ring (bicyclic) bond motifs is 2. The number of rotatable bonds is 4. The SMILES string of the molecule is CC[C@@H](C)N1C(=O)c2ccccc2N[C@H]1c1cc2c(cc1[N+](=O)[O-])OCO2. The number of carbonyl (C=O) groups excluding carboxylic acids is 1. The molecule has 0 bridgehead atoms. The van der Waals surface area contributed by atoms with Crippen molar-refractivity contribution < 1.29 is 19.2 Å². The van der Waals surface area contributed by atoms with E-state index in [1.54, 1.807) is 29.2 Å². The Morgan fingerprint density at radius 2 is 2.00 bits per heavy atom.